The van der Waals surface area contributed by atoms with E-state index in [2.05, 4.69) is 0 Å². The number of carbonyl (C=O) groups is 1. The first kappa shape index (κ1) is 13.6. The molecule has 0 heterocycles. The highest BCUT2D eigenvalue weighted by molar-refractivity contribution is 5.92. The van der Waals surface area contributed by atoms with Crippen LogP contribution in [0.4, 0.5) is 0 Å². The molecule has 0 aliphatic carbocycles. The van der Waals surface area contributed by atoms with Crippen LogP contribution in [0.3, 0.4) is 0 Å². The smallest absolute Gasteiger partial charge is 0.342 e. The van der Waals surface area contributed by atoms with Crippen molar-refractivity contribution < 1.29 is 14.3 Å². The summed E-state index contributed by atoms with van der Waals surface area (Å²) in [6, 6.07) is 7.16. The highest BCUT2D eigenvalue weighted by Crippen LogP contribution is 2.21. The van der Waals surface area contributed by atoms with Gasteiger partial charge in [0.25, 0.3) is 0 Å². The summed E-state index contributed by atoms with van der Waals surface area (Å²) in [6.07, 6.45) is 0.905. The normalized spacial score (nSPS) is 11.1. The van der Waals surface area contributed by atoms with Crippen molar-refractivity contribution in [1.29, 1.82) is 0 Å². The molecule has 0 radical (unpaired) electrons. The molecular weight excluding hydrogens is 216 g/mol. The van der Waals surface area contributed by atoms with Gasteiger partial charge in [0, 0.05) is 0 Å². The van der Waals surface area contributed by atoms with Gasteiger partial charge in [-0.2, -0.15) is 0 Å². The Hall–Kier alpha value is -1.51. The van der Waals surface area contributed by atoms with Crippen LogP contribution in [0.5, 0.6) is 5.75 Å². The second kappa shape index (κ2) is 5.71. The molecule has 0 bridgehead atoms. The molecule has 0 aliphatic rings. The standard InChI is InChI=1S/C14H20O3/c1-5-10-16-12-9-7-6-8-11(12)13(15)17-14(2,3)4/h6-9H,5,10H2,1-4H3. The molecule has 0 N–H and O–H groups in total. The molecule has 0 aliphatic heterocycles. The summed E-state index contributed by atoms with van der Waals surface area (Å²) < 4.78 is 10.8. The van der Waals surface area contributed by atoms with E-state index in [1.54, 1.807) is 18.2 Å². The molecule has 94 valence electrons. The molecule has 0 fully saturated rings. The molecule has 0 spiro atoms. The van der Waals surface area contributed by atoms with Crippen molar-refractivity contribution in [2.75, 3.05) is 6.61 Å². The van der Waals surface area contributed by atoms with Gasteiger partial charge in [0.15, 0.2) is 0 Å². The lowest BCUT2D eigenvalue weighted by molar-refractivity contribution is 0.00658. The maximum Gasteiger partial charge on any atom is 0.342 e. The summed E-state index contributed by atoms with van der Waals surface area (Å²) in [4.78, 5) is 11.9. The SMILES string of the molecule is CCCOc1ccccc1C(=O)OC(C)(C)C. The lowest BCUT2D eigenvalue weighted by Gasteiger charge is -2.20. The van der Waals surface area contributed by atoms with Gasteiger partial charge in [0.2, 0.25) is 0 Å². The van der Waals surface area contributed by atoms with Crippen LogP contribution in [0.1, 0.15) is 44.5 Å². The van der Waals surface area contributed by atoms with E-state index in [0.29, 0.717) is 17.9 Å². The first-order valence-electron chi connectivity index (χ1n) is 5.89. The lowest BCUT2D eigenvalue weighted by Crippen LogP contribution is -2.24. The average Bonchev–Trinajstić information content (AvgIpc) is 2.24. The molecule has 0 saturated heterocycles. The summed E-state index contributed by atoms with van der Waals surface area (Å²) in [5.41, 5.74) is -0.00883. The molecule has 0 atom stereocenters. The largest absolute Gasteiger partial charge is 0.493 e. The van der Waals surface area contributed by atoms with E-state index < -0.39 is 5.60 Å². The molecule has 0 aromatic heterocycles. The number of hydrogen-bond acceptors (Lipinski definition) is 3. The molecular formula is C14H20O3. The lowest BCUT2D eigenvalue weighted by atomic mass is 10.1. The van der Waals surface area contributed by atoms with Crippen LogP contribution < -0.4 is 4.74 Å². The Kier molecular flexibility index (Phi) is 4.55. The van der Waals surface area contributed by atoms with Gasteiger partial charge in [-0.3, -0.25) is 0 Å². The van der Waals surface area contributed by atoms with Crippen LogP contribution in [-0.2, 0) is 4.74 Å². The fourth-order valence-corrected chi connectivity index (χ4v) is 1.31. The van der Waals surface area contributed by atoms with Gasteiger partial charge in [-0.15, -0.1) is 0 Å². The molecule has 3 nitrogen and oxygen atoms in total. The Morgan fingerprint density at radius 2 is 1.88 bits per heavy atom. The van der Waals surface area contributed by atoms with Crippen LogP contribution in [0.15, 0.2) is 24.3 Å². The maximum absolute atomic E-state index is 11.9. The Bertz CT molecular complexity index is 377. The van der Waals surface area contributed by atoms with Gasteiger partial charge in [0.1, 0.15) is 16.9 Å². The summed E-state index contributed by atoms with van der Waals surface area (Å²) in [7, 11) is 0. The van der Waals surface area contributed by atoms with E-state index in [1.807, 2.05) is 33.8 Å². The first-order chi connectivity index (χ1) is 7.94. The number of carbonyl (C=O) groups excluding carboxylic acids is 1. The van der Waals surface area contributed by atoms with E-state index in [1.165, 1.54) is 0 Å². The minimum Gasteiger partial charge on any atom is -0.493 e. The van der Waals surface area contributed by atoms with Crippen LogP contribution >= 0.6 is 0 Å². The van der Waals surface area contributed by atoms with Crippen molar-refractivity contribution >= 4 is 5.97 Å². The summed E-state index contributed by atoms with van der Waals surface area (Å²) in [5.74, 6) is 0.243. The van der Waals surface area contributed by atoms with E-state index >= 15 is 0 Å². The summed E-state index contributed by atoms with van der Waals surface area (Å²) in [6.45, 7) is 8.16. The van der Waals surface area contributed by atoms with Crippen LogP contribution in [0.25, 0.3) is 0 Å². The number of hydrogen-bond donors (Lipinski definition) is 0. The van der Waals surface area contributed by atoms with Gasteiger partial charge < -0.3 is 9.47 Å². The molecule has 1 rings (SSSR count). The second-order valence-electron chi connectivity index (χ2n) is 4.85. The molecule has 17 heavy (non-hydrogen) atoms. The van der Waals surface area contributed by atoms with Crippen molar-refractivity contribution in [3.05, 3.63) is 29.8 Å². The number of para-hydroxylation sites is 1. The first-order valence-corrected chi connectivity index (χ1v) is 5.89. The quantitative estimate of drug-likeness (QED) is 0.751. The zero-order valence-corrected chi connectivity index (χ0v) is 10.9. The van der Waals surface area contributed by atoms with Crippen molar-refractivity contribution in [1.82, 2.24) is 0 Å². The Morgan fingerprint density at radius 3 is 2.47 bits per heavy atom. The zero-order valence-electron chi connectivity index (χ0n) is 10.9. The molecule has 3 heteroatoms. The summed E-state index contributed by atoms with van der Waals surface area (Å²) >= 11 is 0. The van der Waals surface area contributed by atoms with E-state index in [4.69, 9.17) is 9.47 Å². The third-order valence-corrected chi connectivity index (χ3v) is 1.97. The fourth-order valence-electron chi connectivity index (χ4n) is 1.31. The predicted octanol–water partition coefficient (Wildman–Crippen LogP) is 3.43. The predicted molar refractivity (Wildman–Crippen MR) is 67.4 cm³/mol. The third kappa shape index (κ3) is 4.47. The van der Waals surface area contributed by atoms with Gasteiger partial charge in [0.05, 0.1) is 6.61 Å². The second-order valence-corrected chi connectivity index (χ2v) is 4.85. The minimum absolute atomic E-state index is 0.343. The van der Waals surface area contributed by atoms with Gasteiger partial charge >= 0.3 is 5.97 Å². The Balaban J connectivity index is 2.85. The van der Waals surface area contributed by atoms with Crippen molar-refractivity contribution in [2.45, 2.75) is 39.7 Å². The molecule has 1 aromatic rings. The summed E-state index contributed by atoms with van der Waals surface area (Å²) in [5, 5.41) is 0. The van der Waals surface area contributed by atoms with E-state index in [9.17, 15) is 4.79 Å². The molecule has 0 saturated carbocycles. The van der Waals surface area contributed by atoms with Gasteiger partial charge in [-0.1, -0.05) is 19.1 Å². The monoisotopic (exact) mass is 236 g/mol. The van der Waals surface area contributed by atoms with Gasteiger partial charge in [-0.05, 0) is 39.3 Å². The molecule has 0 unspecified atom stereocenters. The van der Waals surface area contributed by atoms with Crippen molar-refractivity contribution in [2.24, 2.45) is 0 Å². The van der Waals surface area contributed by atoms with Crippen LogP contribution in [-0.4, -0.2) is 18.2 Å². The third-order valence-electron chi connectivity index (χ3n) is 1.97. The van der Waals surface area contributed by atoms with Crippen LogP contribution in [0.2, 0.25) is 0 Å². The maximum atomic E-state index is 11.9. The fraction of sp³-hybridized carbons (Fsp3) is 0.500. The Labute approximate surface area is 103 Å². The van der Waals surface area contributed by atoms with E-state index in [-0.39, 0.29) is 5.97 Å². The topological polar surface area (TPSA) is 35.5 Å². The molecule has 1 aromatic carbocycles. The van der Waals surface area contributed by atoms with Crippen molar-refractivity contribution in [3.8, 4) is 5.75 Å². The minimum atomic E-state index is -0.491. The average molecular weight is 236 g/mol. The molecule has 0 amide bonds. The highest BCUT2D eigenvalue weighted by atomic mass is 16.6. The number of esters is 1. The zero-order chi connectivity index (χ0) is 12.9. The number of ether oxygens (including phenoxy) is 2. The highest BCUT2D eigenvalue weighted by Gasteiger charge is 2.20. The van der Waals surface area contributed by atoms with Crippen molar-refractivity contribution in [3.63, 3.8) is 0 Å². The number of rotatable bonds is 4. The number of benzene rings is 1. The van der Waals surface area contributed by atoms with E-state index in [0.717, 1.165) is 6.42 Å². The van der Waals surface area contributed by atoms with Gasteiger partial charge in [-0.25, -0.2) is 4.79 Å². The Morgan fingerprint density at radius 1 is 1.24 bits per heavy atom. The van der Waals surface area contributed by atoms with Crippen LogP contribution in [0, 0.1) is 0 Å².